The molecule has 2 aromatic rings. The van der Waals surface area contributed by atoms with E-state index in [0.29, 0.717) is 18.7 Å². The molecule has 0 aliphatic carbocycles. The van der Waals surface area contributed by atoms with Crippen molar-refractivity contribution in [2.45, 2.75) is 6.10 Å². The smallest absolute Gasteiger partial charge is 0.123 e. The van der Waals surface area contributed by atoms with Crippen molar-refractivity contribution >= 4 is 6.08 Å². The molecular weight excluding hydrogens is 253 g/mol. The molecule has 0 fully saturated rings. The number of benzene rings is 2. The molecule has 0 bridgehead atoms. The Kier molecular flexibility index (Phi) is 5.47. The summed E-state index contributed by atoms with van der Waals surface area (Å²) in [5, 5.41) is 13.1. The number of halogens is 1. The third-order valence-electron chi connectivity index (χ3n) is 2.96. The van der Waals surface area contributed by atoms with Crippen LogP contribution in [0.1, 0.15) is 17.2 Å². The molecule has 0 spiro atoms. The first-order chi connectivity index (χ1) is 9.75. The van der Waals surface area contributed by atoms with Crippen molar-refractivity contribution in [3.05, 3.63) is 77.6 Å². The average Bonchev–Trinajstić information content (AvgIpc) is 2.48. The highest BCUT2D eigenvalue weighted by Gasteiger charge is 2.05. The monoisotopic (exact) mass is 271 g/mol. The molecule has 0 aliphatic heterocycles. The number of nitrogens with one attached hydrogen (secondary N) is 1. The summed E-state index contributed by atoms with van der Waals surface area (Å²) in [5.41, 5.74) is 1.86. The van der Waals surface area contributed by atoms with E-state index in [4.69, 9.17) is 0 Å². The summed E-state index contributed by atoms with van der Waals surface area (Å²) in [6, 6.07) is 15.9. The summed E-state index contributed by atoms with van der Waals surface area (Å²) < 4.78 is 12.8. The molecule has 0 saturated carbocycles. The second-order valence-corrected chi connectivity index (χ2v) is 4.54. The van der Waals surface area contributed by atoms with Crippen LogP contribution in [-0.2, 0) is 0 Å². The quantitative estimate of drug-likeness (QED) is 0.791. The molecule has 2 rings (SSSR count). The van der Waals surface area contributed by atoms with Crippen LogP contribution in [0, 0.1) is 5.82 Å². The zero-order valence-electron chi connectivity index (χ0n) is 11.2. The molecular formula is C17H18FNO. The van der Waals surface area contributed by atoms with Crippen LogP contribution in [-0.4, -0.2) is 18.2 Å². The van der Waals surface area contributed by atoms with E-state index >= 15 is 0 Å². The third kappa shape index (κ3) is 4.61. The molecule has 20 heavy (non-hydrogen) atoms. The lowest BCUT2D eigenvalue weighted by molar-refractivity contribution is 0.176. The number of aliphatic hydroxyl groups excluding tert-OH is 1. The summed E-state index contributed by atoms with van der Waals surface area (Å²) >= 11 is 0. The van der Waals surface area contributed by atoms with E-state index in [2.05, 4.69) is 5.32 Å². The Balaban J connectivity index is 1.73. The van der Waals surface area contributed by atoms with Gasteiger partial charge in [-0.1, -0.05) is 54.6 Å². The zero-order chi connectivity index (χ0) is 14.2. The second-order valence-electron chi connectivity index (χ2n) is 4.54. The Morgan fingerprint density at radius 3 is 2.45 bits per heavy atom. The first kappa shape index (κ1) is 14.4. The molecule has 2 aromatic carbocycles. The molecule has 0 saturated heterocycles. The van der Waals surface area contributed by atoms with Crippen LogP contribution in [0.2, 0.25) is 0 Å². The molecule has 0 heterocycles. The van der Waals surface area contributed by atoms with E-state index < -0.39 is 6.10 Å². The first-order valence-corrected chi connectivity index (χ1v) is 6.61. The van der Waals surface area contributed by atoms with Crippen molar-refractivity contribution in [2.24, 2.45) is 0 Å². The van der Waals surface area contributed by atoms with Gasteiger partial charge >= 0.3 is 0 Å². The number of aliphatic hydroxyl groups is 1. The Hall–Kier alpha value is -1.97. The minimum atomic E-state index is -0.624. The molecule has 0 aromatic heterocycles. The van der Waals surface area contributed by atoms with Gasteiger partial charge in [-0.3, -0.25) is 0 Å². The van der Waals surface area contributed by atoms with Crippen LogP contribution in [0.3, 0.4) is 0 Å². The molecule has 2 nitrogen and oxygen atoms in total. The highest BCUT2D eigenvalue weighted by Crippen LogP contribution is 2.12. The fraction of sp³-hybridized carbons (Fsp3) is 0.176. The van der Waals surface area contributed by atoms with Crippen LogP contribution < -0.4 is 5.32 Å². The van der Waals surface area contributed by atoms with Crippen molar-refractivity contribution in [1.29, 1.82) is 0 Å². The van der Waals surface area contributed by atoms with Gasteiger partial charge in [0.1, 0.15) is 5.82 Å². The highest BCUT2D eigenvalue weighted by atomic mass is 19.1. The van der Waals surface area contributed by atoms with Crippen LogP contribution in [0.15, 0.2) is 60.7 Å². The SMILES string of the molecule is OC(CNC/C=C/c1ccccc1)c1ccc(F)cc1. The van der Waals surface area contributed by atoms with E-state index in [1.54, 1.807) is 12.1 Å². The summed E-state index contributed by atoms with van der Waals surface area (Å²) in [6.45, 7) is 1.11. The molecule has 3 heteroatoms. The van der Waals surface area contributed by atoms with Gasteiger partial charge < -0.3 is 10.4 Å². The van der Waals surface area contributed by atoms with Gasteiger partial charge in [0, 0.05) is 13.1 Å². The molecule has 0 aliphatic rings. The normalized spacial score (nSPS) is 12.7. The van der Waals surface area contributed by atoms with Gasteiger partial charge in [0.2, 0.25) is 0 Å². The van der Waals surface area contributed by atoms with Crippen molar-refractivity contribution in [1.82, 2.24) is 5.32 Å². The zero-order valence-corrected chi connectivity index (χ0v) is 11.2. The topological polar surface area (TPSA) is 32.3 Å². The fourth-order valence-electron chi connectivity index (χ4n) is 1.87. The maximum atomic E-state index is 12.8. The molecule has 104 valence electrons. The molecule has 1 unspecified atom stereocenters. The summed E-state index contributed by atoms with van der Waals surface area (Å²) in [7, 11) is 0. The molecule has 0 radical (unpaired) electrons. The Bertz CT molecular complexity index is 537. The largest absolute Gasteiger partial charge is 0.387 e. The lowest BCUT2D eigenvalue weighted by Gasteiger charge is -2.11. The van der Waals surface area contributed by atoms with Gasteiger partial charge in [-0.15, -0.1) is 0 Å². The van der Waals surface area contributed by atoms with E-state index in [1.165, 1.54) is 12.1 Å². The van der Waals surface area contributed by atoms with Gasteiger partial charge in [-0.25, -0.2) is 4.39 Å². The van der Waals surface area contributed by atoms with Crippen LogP contribution >= 0.6 is 0 Å². The Morgan fingerprint density at radius 1 is 1.05 bits per heavy atom. The minimum Gasteiger partial charge on any atom is -0.387 e. The minimum absolute atomic E-state index is 0.292. The van der Waals surface area contributed by atoms with Gasteiger partial charge in [-0.05, 0) is 23.3 Å². The number of rotatable bonds is 6. The van der Waals surface area contributed by atoms with Crippen LogP contribution in [0.5, 0.6) is 0 Å². The van der Waals surface area contributed by atoms with Crippen LogP contribution in [0.25, 0.3) is 6.08 Å². The fourth-order valence-corrected chi connectivity index (χ4v) is 1.87. The molecule has 0 amide bonds. The lowest BCUT2D eigenvalue weighted by atomic mass is 10.1. The highest BCUT2D eigenvalue weighted by molar-refractivity contribution is 5.48. The lowest BCUT2D eigenvalue weighted by Crippen LogP contribution is -2.21. The van der Waals surface area contributed by atoms with Gasteiger partial charge in [0.05, 0.1) is 6.10 Å². The van der Waals surface area contributed by atoms with Crippen molar-refractivity contribution in [3.8, 4) is 0 Å². The Morgan fingerprint density at radius 2 is 1.75 bits per heavy atom. The summed E-state index contributed by atoms with van der Waals surface area (Å²) in [6.07, 6.45) is 3.41. The predicted octanol–water partition coefficient (Wildman–Crippen LogP) is 3.16. The van der Waals surface area contributed by atoms with Gasteiger partial charge in [0.15, 0.2) is 0 Å². The van der Waals surface area contributed by atoms with Gasteiger partial charge in [0.25, 0.3) is 0 Å². The maximum absolute atomic E-state index is 12.8. The number of hydrogen-bond acceptors (Lipinski definition) is 2. The maximum Gasteiger partial charge on any atom is 0.123 e. The number of hydrogen-bond donors (Lipinski definition) is 2. The summed E-state index contributed by atoms with van der Waals surface area (Å²) in [4.78, 5) is 0. The first-order valence-electron chi connectivity index (χ1n) is 6.61. The molecule has 1 atom stereocenters. The van der Waals surface area contributed by atoms with E-state index in [-0.39, 0.29) is 5.82 Å². The standard InChI is InChI=1S/C17H18FNO/c18-16-10-8-15(9-11-16)17(20)13-19-12-4-7-14-5-2-1-3-6-14/h1-11,17,19-20H,12-13H2/b7-4+. The van der Waals surface area contributed by atoms with E-state index in [9.17, 15) is 9.50 Å². The third-order valence-corrected chi connectivity index (χ3v) is 2.96. The molecule has 2 N–H and O–H groups in total. The average molecular weight is 271 g/mol. The van der Waals surface area contributed by atoms with Gasteiger partial charge in [-0.2, -0.15) is 0 Å². The van der Waals surface area contributed by atoms with E-state index in [1.807, 2.05) is 42.5 Å². The Labute approximate surface area is 118 Å². The predicted molar refractivity (Wildman–Crippen MR) is 79.7 cm³/mol. The van der Waals surface area contributed by atoms with Crippen molar-refractivity contribution in [3.63, 3.8) is 0 Å². The van der Waals surface area contributed by atoms with E-state index in [0.717, 1.165) is 5.56 Å². The van der Waals surface area contributed by atoms with Crippen LogP contribution in [0.4, 0.5) is 4.39 Å². The van der Waals surface area contributed by atoms with Crippen molar-refractivity contribution in [2.75, 3.05) is 13.1 Å². The summed E-state index contributed by atoms with van der Waals surface area (Å²) in [5.74, 6) is -0.292. The van der Waals surface area contributed by atoms with Crippen molar-refractivity contribution < 1.29 is 9.50 Å². The second kappa shape index (κ2) is 7.58.